The van der Waals surface area contributed by atoms with Crippen molar-refractivity contribution >= 4 is 34.1 Å². The highest BCUT2D eigenvalue weighted by molar-refractivity contribution is 6.36. The number of aryl methyl sites for hydroxylation is 1. The lowest BCUT2D eigenvalue weighted by molar-refractivity contribution is 0.0987. The summed E-state index contributed by atoms with van der Waals surface area (Å²) in [4.78, 5) is 19.7. The van der Waals surface area contributed by atoms with Gasteiger partial charge in [-0.3, -0.25) is 9.78 Å². The van der Waals surface area contributed by atoms with Gasteiger partial charge in [-0.1, -0.05) is 24.6 Å². The van der Waals surface area contributed by atoms with Crippen LogP contribution in [0.15, 0.2) is 42.5 Å². The highest BCUT2D eigenvalue weighted by Crippen LogP contribution is 2.33. The topological polar surface area (TPSA) is 33.2 Å². The average molecular weight is 397 g/mol. The van der Waals surface area contributed by atoms with E-state index in [1.54, 1.807) is 23.1 Å². The van der Waals surface area contributed by atoms with Crippen LogP contribution in [0.3, 0.4) is 0 Å². The van der Waals surface area contributed by atoms with Crippen LogP contribution in [0.5, 0.6) is 0 Å². The molecule has 0 unspecified atom stereocenters. The lowest BCUT2D eigenvalue weighted by atomic mass is 9.94. The van der Waals surface area contributed by atoms with Crippen LogP contribution in [0.1, 0.15) is 47.8 Å². The molecule has 0 saturated carbocycles. The fourth-order valence-corrected chi connectivity index (χ4v) is 4.21. The lowest BCUT2D eigenvalue weighted by Crippen LogP contribution is -2.31. The van der Waals surface area contributed by atoms with Crippen molar-refractivity contribution in [3.05, 3.63) is 70.1 Å². The highest BCUT2D eigenvalue weighted by Gasteiger charge is 2.20. The predicted octanol–water partition coefficient (Wildman–Crippen LogP) is 5.96. The zero-order chi connectivity index (χ0) is 19.7. The molecule has 0 saturated heterocycles. The van der Waals surface area contributed by atoms with Crippen LogP contribution in [0.25, 0.3) is 10.9 Å². The first-order valence-corrected chi connectivity index (χ1v) is 10.1. The third kappa shape index (κ3) is 3.49. The van der Waals surface area contributed by atoms with Crippen molar-refractivity contribution in [2.45, 2.75) is 39.0 Å². The molecule has 0 aliphatic heterocycles. The van der Waals surface area contributed by atoms with Crippen LogP contribution in [-0.2, 0) is 12.8 Å². The summed E-state index contributed by atoms with van der Waals surface area (Å²) in [5, 5.41) is 1.66. The summed E-state index contributed by atoms with van der Waals surface area (Å²) in [7, 11) is 0. The summed E-state index contributed by atoms with van der Waals surface area (Å²) in [5.41, 5.74) is 4.21. The van der Waals surface area contributed by atoms with Crippen molar-refractivity contribution < 1.29 is 9.18 Å². The first kappa shape index (κ1) is 18.9. The lowest BCUT2D eigenvalue weighted by Gasteiger charge is -2.23. The minimum Gasteiger partial charge on any atom is -0.308 e. The Morgan fingerprint density at radius 1 is 1.14 bits per heavy atom. The van der Waals surface area contributed by atoms with Crippen LogP contribution in [-0.4, -0.2) is 17.4 Å². The number of hydrogen-bond acceptors (Lipinski definition) is 2. The van der Waals surface area contributed by atoms with Gasteiger partial charge in [0, 0.05) is 28.9 Å². The molecule has 1 aromatic heterocycles. The van der Waals surface area contributed by atoms with Crippen LogP contribution in [0.4, 0.5) is 10.1 Å². The molecule has 1 amide bonds. The molecule has 0 radical (unpaired) electrons. The molecule has 1 heterocycles. The SMILES string of the molecule is CCCN(C(=O)c1ccc2c(Cl)c3c(nc2c1)CCCC3)c1ccc(F)cc1. The second kappa shape index (κ2) is 7.88. The maximum absolute atomic E-state index is 13.3. The molecule has 2 aromatic carbocycles. The number of benzene rings is 2. The number of nitrogens with zero attached hydrogens (tertiary/aromatic N) is 2. The molecule has 3 aromatic rings. The number of carbonyl (C=O) groups excluding carboxylic acids is 1. The van der Waals surface area contributed by atoms with E-state index in [2.05, 4.69) is 0 Å². The number of pyridine rings is 1. The van der Waals surface area contributed by atoms with Crippen LogP contribution in [0, 0.1) is 5.82 Å². The quantitative estimate of drug-likeness (QED) is 0.544. The average Bonchev–Trinajstić information content (AvgIpc) is 2.72. The van der Waals surface area contributed by atoms with Crippen molar-refractivity contribution in [3.8, 4) is 0 Å². The maximum atomic E-state index is 13.3. The van der Waals surface area contributed by atoms with Gasteiger partial charge in [-0.15, -0.1) is 0 Å². The number of fused-ring (bicyclic) bond motifs is 2. The van der Waals surface area contributed by atoms with Gasteiger partial charge in [-0.05, 0) is 74.1 Å². The molecule has 0 bridgehead atoms. The second-order valence-electron chi connectivity index (χ2n) is 7.22. The Balaban J connectivity index is 1.74. The standard InChI is InChI=1S/C23H22ClFN2O/c1-2-13-27(17-10-8-16(25)9-11-17)23(28)15-7-12-19-21(14-15)26-20-6-4-3-5-18(20)22(19)24/h7-12,14H,2-6,13H2,1H3. The molecule has 0 fully saturated rings. The fourth-order valence-electron chi connectivity index (χ4n) is 3.85. The largest absolute Gasteiger partial charge is 0.308 e. The van der Waals surface area contributed by atoms with Crippen LogP contribution in [0.2, 0.25) is 5.02 Å². The second-order valence-corrected chi connectivity index (χ2v) is 7.60. The summed E-state index contributed by atoms with van der Waals surface area (Å²) in [6, 6.07) is 11.5. The summed E-state index contributed by atoms with van der Waals surface area (Å²) < 4.78 is 13.3. The number of amides is 1. The molecular formula is C23H22ClFN2O. The van der Waals surface area contributed by atoms with Crippen LogP contribution >= 0.6 is 11.6 Å². The van der Waals surface area contributed by atoms with Gasteiger partial charge in [-0.2, -0.15) is 0 Å². The third-order valence-electron chi connectivity index (χ3n) is 5.27. The Labute approximate surface area is 169 Å². The molecule has 0 N–H and O–H groups in total. The molecule has 4 rings (SSSR count). The van der Waals surface area contributed by atoms with Gasteiger partial charge in [0.2, 0.25) is 0 Å². The predicted molar refractivity (Wildman–Crippen MR) is 112 cm³/mol. The van der Waals surface area contributed by atoms with E-state index in [0.29, 0.717) is 17.8 Å². The maximum Gasteiger partial charge on any atom is 0.258 e. The van der Waals surface area contributed by atoms with Gasteiger partial charge in [0.15, 0.2) is 0 Å². The molecule has 0 spiro atoms. The van der Waals surface area contributed by atoms with E-state index in [4.69, 9.17) is 16.6 Å². The first-order chi connectivity index (χ1) is 13.6. The normalized spacial score (nSPS) is 13.4. The minimum atomic E-state index is -0.318. The highest BCUT2D eigenvalue weighted by atomic mass is 35.5. The van der Waals surface area contributed by atoms with Crippen molar-refractivity contribution in [1.29, 1.82) is 0 Å². The van der Waals surface area contributed by atoms with Gasteiger partial charge in [-0.25, -0.2) is 4.39 Å². The van der Waals surface area contributed by atoms with E-state index in [1.807, 2.05) is 19.1 Å². The number of halogens is 2. The molecule has 28 heavy (non-hydrogen) atoms. The molecular weight excluding hydrogens is 375 g/mol. The van der Waals surface area contributed by atoms with E-state index in [0.717, 1.165) is 59.3 Å². The number of anilines is 1. The Kier molecular flexibility index (Phi) is 5.31. The van der Waals surface area contributed by atoms with Gasteiger partial charge in [0.05, 0.1) is 10.5 Å². The number of hydrogen-bond donors (Lipinski definition) is 0. The van der Waals surface area contributed by atoms with E-state index >= 15 is 0 Å². The van der Waals surface area contributed by atoms with Gasteiger partial charge in [0.1, 0.15) is 5.82 Å². The van der Waals surface area contributed by atoms with Crippen molar-refractivity contribution in [2.75, 3.05) is 11.4 Å². The summed E-state index contributed by atoms with van der Waals surface area (Å²) in [6.45, 7) is 2.57. The van der Waals surface area contributed by atoms with E-state index in [1.165, 1.54) is 12.1 Å². The number of aromatic nitrogens is 1. The van der Waals surface area contributed by atoms with Crippen molar-refractivity contribution in [2.24, 2.45) is 0 Å². The molecule has 144 valence electrons. The van der Waals surface area contributed by atoms with Gasteiger partial charge in [0.25, 0.3) is 5.91 Å². The molecule has 0 atom stereocenters. The third-order valence-corrected chi connectivity index (χ3v) is 5.70. The Bertz CT molecular complexity index is 1030. The van der Waals surface area contributed by atoms with E-state index in [9.17, 15) is 9.18 Å². The van der Waals surface area contributed by atoms with Gasteiger partial charge < -0.3 is 4.90 Å². The Morgan fingerprint density at radius 3 is 2.64 bits per heavy atom. The summed E-state index contributed by atoms with van der Waals surface area (Å²) in [6.07, 6.45) is 4.96. The smallest absolute Gasteiger partial charge is 0.258 e. The zero-order valence-electron chi connectivity index (χ0n) is 15.8. The first-order valence-electron chi connectivity index (χ1n) is 9.77. The molecule has 1 aliphatic rings. The molecule has 1 aliphatic carbocycles. The Hall–Kier alpha value is -2.46. The van der Waals surface area contributed by atoms with Crippen molar-refractivity contribution in [3.63, 3.8) is 0 Å². The number of carbonyl (C=O) groups is 1. The molecule has 5 heteroatoms. The fraction of sp³-hybridized carbons (Fsp3) is 0.304. The minimum absolute atomic E-state index is 0.119. The van der Waals surface area contributed by atoms with Gasteiger partial charge >= 0.3 is 0 Å². The van der Waals surface area contributed by atoms with E-state index in [-0.39, 0.29) is 11.7 Å². The summed E-state index contributed by atoms with van der Waals surface area (Å²) >= 11 is 6.64. The van der Waals surface area contributed by atoms with Crippen LogP contribution < -0.4 is 4.90 Å². The molecule has 3 nitrogen and oxygen atoms in total. The Morgan fingerprint density at radius 2 is 1.89 bits per heavy atom. The van der Waals surface area contributed by atoms with E-state index < -0.39 is 0 Å². The monoisotopic (exact) mass is 396 g/mol. The van der Waals surface area contributed by atoms with Crippen molar-refractivity contribution in [1.82, 2.24) is 4.98 Å². The zero-order valence-corrected chi connectivity index (χ0v) is 16.6. The number of rotatable bonds is 4. The summed E-state index contributed by atoms with van der Waals surface area (Å²) in [5.74, 6) is -0.437.